The lowest BCUT2D eigenvalue weighted by atomic mass is 9.95. The summed E-state index contributed by atoms with van der Waals surface area (Å²) in [4.78, 5) is 0. The van der Waals surface area contributed by atoms with Gasteiger partial charge < -0.3 is 5.32 Å². The quantitative estimate of drug-likeness (QED) is 0.520. The van der Waals surface area contributed by atoms with Gasteiger partial charge in [-0.05, 0) is 31.9 Å². The number of nitrogens with one attached hydrogen (secondary N) is 1. The standard InChI is InChI=1S/C10H18NP/c1-5-6-7-10(11-3)8-12(4)9(10)2/h5,8,11-12H,1-2,6-7H2,3-4H3. The lowest BCUT2D eigenvalue weighted by molar-refractivity contribution is 0.531. The van der Waals surface area contributed by atoms with Crippen molar-refractivity contribution in [2.45, 2.75) is 18.4 Å². The third-order valence-corrected chi connectivity index (χ3v) is 4.99. The van der Waals surface area contributed by atoms with Crippen molar-refractivity contribution >= 4 is 13.3 Å². The Hall–Kier alpha value is -0.260. The Balaban J connectivity index is 2.68. The van der Waals surface area contributed by atoms with Crippen LogP contribution in [0.15, 0.2) is 24.5 Å². The van der Waals surface area contributed by atoms with Gasteiger partial charge in [0.2, 0.25) is 0 Å². The first-order chi connectivity index (χ1) is 5.66. The Morgan fingerprint density at radius 3 is 2.75 bits per heavy atom. The molecule has 1 aliphatic heterocycles. The maximum atomic E-state index is 4.14. The summed E-state index contributed by atoms with van der Waals surface area (Å²) in [5, 5.41) is 4.77. The first-order valence-corrected chi connectivity index (χ1v) is 6.43. The predicted molar refractivity (Wildman–Crippen MR) is 60.7 cm³/mol. The highest BCUT2D eigenvalue weighted by atomic mass is 31.1. The lowest BCUT2D eigenvalue weighted by Gasteiger charge is -2.42. The Morgan fingerprint density at radius 2 is 2.42 bits per heavy atom. The highest BCUT2D eigenvalue weighted by Crippen LogP contribution is 2.48. The Labute approximate surface area is 75.9 Å². The van der Waals surface area contributed by atoms with E-state index in [1.165, 1.54) is 5.31 Å². The predicted octanol–water partition coefficient (Wildman–Crippen LogP) is 2.08. The molecule has 2 heteroatoms. The average molecular weight is 183 g/mol. The summed E-state index contributed by atoms with van der Waals surface area (Å²) in [5.74, 6) is 2.43. The number of allylic oxidation sites excluding steroid dienone is 1. The molecule has 0 saturated heterocycles. The molecule has 0 aromatic carbocycles. The molecule has 68 valence electrons. The van der Waals surface area contributed by atoms with Gasteiger partial charge in [0.15, 0.2) is 0 Å². The summed E-state index contributed by atoms with van der Waals surface area (Å²) in [6, 6.07) is 0. The van der Waals surface area contributed by atoms with Crippen LogP contribution in [0.2, 0.25) is 0 Å². The smallest absolute Gasteiger partial charge is 0.0621 e. The molecule has 0 aromatic heterocycles. The van der Waals surface area contributed by atoms with E-state index in [-0.39, 0.29) is 13.1 Å². The molecule has 0 saturated carbocycles. The topological polar surface area (TPSA) is 12.0 Å². The van der Waals surface area contributed by atoms with Crippen LogP contribution in [0.4, 0.5) is 0 Å². The molecule has 12 heavy (non-hydrogen) atoms. The van der Waals surface area contributed by atoms with Gasteiger partial charge in [0.25, 0.3) is 0 Å². The van der Waals surface area contributed by atoms with Crippen LogP contribution in [0, 0.1) is 0 Å². The molecule has 0 amide bonds. The van der Waals surface area contributed by atoms with E-state index >= 15 is 0 Å². The fourth-order valence-corrected chi connectivity index (χ4v) is 3.89. The van der Waals surface area contributed by atoms with E-state index in [2.05, 4.69) is 30.9 Å². The van der Waals surface area contributed by atoms with Gasteiger partial charge in [0, 0.05) is 0 Å². The van der Waals surface area contributed by atoms with Gasteiger partial charge in [0.1, 0.15) is 0 Å². The second-order valence-electron chi connectivity index (χ2n) is 3.35. The summed E-state index contributed by atoms with van der Waals surface area (Å²) in [6.45, 7) is 10.2. The van der Waals surface area contributed by atoms with E-state index in [1.54, 1.807) is 0 Å². The van der Waals surface area contributed by atoms with E-state index in [9.17, 15) is 0 Å². The monoisotopic (exact) mass is 183 g/mol. The van der Waals surface area contributed by atoms with Crippen molar-refractivity contribution in [1.82, 2.24) is 5.32 Å². The molecule has 1 rings (SSSR count). The normalized spacial score (nSPS) is 33.8. The number of hydrogen-bond acceptors (Lipinski definition) is 1. The number of rotatable bonds is 4. The summed E-state index contributed by atoms with van der Waals surface area (Å²) < 4.78 is 0. The summed E-state index contributed by atoms with van der Waals surface area (Å²) in [5.41, 5.74) is 0.150. The van der Waals surface area contributed by atoms with Crippen molar-refractivity contribution in [2.75, 3.05) is 13.7 Å². The molecule has 0 aliphatic carbocycles. The van der Waals surface area contributed by atoms with Crippen LogP contribution in [0.25, 0.3) is 0 Å². The van der Waals surface area contributed by atoms with E-state index in [0.29, 0.717) is 0 Å². The molecule has 2 unspecified atom stereocenters. The second-order valence-corrected chi connectivity index (χ2v) is 5.61. The molecule has 0 radical (unpaired) electrons. The van der Waals surface area contributed by atoms with Gasteiger partial charge >= 0.3 is 0 Å². The SMILES string of the molecule is C=CCCC1(NC)C=[PH](C)C1=C. The molecule has 1 N–H and O–H groups in total. The van der Waals surface area contributed by atoms with Crippen LogP contribution in [0.5, 0.6) is 0 Å². The summed E-state index contributed by atoms with van der Waals surface area (Å²) >= 11 is 0. The second kappa shape index (κ2) is 3.64. The van der Waals surface area contributed by atoms with Crippen LogP contribution in [0.1, 0.15) is 12.8 Å². The van der Waals surface area contributed by atoms with Crippen LogP contribution in [0.3, 0.4) is 0 Å². The fraction of sp³-hybridized carbons (Fsp3) is 0.500. The number of likely N-dealkylation sites (N-methyl/N-ethyl adjacent to an activating group) is 1. The minimum atomic E-state index is -0.335. The van der Waals surface area contributed by atoms with Gasteiger partial charge in [0.05, 0.1) is 5.54 Å². The Kier molecular flexibility index (Phi) is 2.98. The van der Waals surface area contributed by atoms with Gasteiger partial charge in [-0.15, -0.1) is 6.58 Å². The van der Waals surface area contributed by atoms with E-state index < -0.39 is 0 Å². The number of hydrogen-bond donors (Lipinski definition) is 1. The first-order valence-electron chi connectivity index (χ1n) is 4.35. The molecule has 0 bridgehead atoms. The van der Waals surface area contributed by atoms with Crippen molar-refractivity contribution in [3.63, 3.8) is 0 Å². The van der Waals surface area contributed by atoms with E-state index in [0.717, 1.165) is 12.8 Å². The highest BCUT2D eigenvalue weighted by Gasteiger charge is 2.35. The zero-order valence-corrected chi connectivity index (χ0v) is 8.98. The maximum Gasteiger partial charge on any atom is 0.0621 e. The van der Waals surface area contributed by atoms with Gasteiger partial charge in [-0.3, -0.25) is 0 Å². The molecule has 0 spiro atoms. The Bertz CT molecular complexity index is 242. The zero-order chi connectivity index (χ0) is 9.19. The Morgan fingerprint density at radius 1 is 1.75 bits per heavy atom. The van der Waals surface area contributed by atoms with E-state index in [4.69, 9.17) is 0 Å². The molecule has 2 atom stereocenters. The third-order valence-electron chi connectivity index (χ3n) is 2.67. The van der Waals surface area contributed by atoms with Crippen molar-refractivity contribution in [3.05, 3.63) is 24.5 Å². The summed E-state index contributed by atoms with van der Waals surface area (Å²) in [6.07, 6.45) is 4.15. The van der Waals surface area contributed by atoms with Gasteiger partial charge in [-0.2, -0.15) is 0 Å². The zero-order valence-electron chi connectivity index (χ0n) is 7.98. The van der Waals surface area contributed by atoms with Crippen molar-refractivity contribution in [3.8, 4) is 0 Å². The van der Waals surface area contributed by atoms with Gasteiger partial charge in [-0.1, -0.05) is 26.0 Å². The first kappa shape index (κ1) is 9.83. The molecule has 0 fully saturated rings. The molecular formula is C10H18NP. The van der Waals surface area contributed by atoms with Crippen molar-refractivity contribution in [2.24, 2.45) is 0 Å². The van der Waals surface area contributed by atoms with E-state index in [1.807, 2.05) is 13.1 Å². The largest absolute Gasteiger partial charge is 0.307 e. The highest BCUT2D eigenvalue weighted by molar-refractivity contribution is 7.64. The van der Waals surface area contributed by atoms with Crippen LogP contribution < -0.4 is 5.32 Å². The molecule has 0 aromatic rings. The molecular weight excluding hydrogens is 165 g/mol. The third kappa shape index (κ3) is 1.44. The van der Waals surface area contributed by atoms with Crippen LogP contribution in [-0.4, -0.2) is 25.0 Å². The molecule has 1 aliphatic rings. The lowest BCUT2D eigenvalue weighted by Crippen LogP contribution is -2.49. The van der Waals surface area contributed by atoms with Crippen molar-refractivity contribution < 1.29 is 0 Å². The summed E-state index contributed by atoms with van der Waals surface area (Å²) in [7, 11) is 1.68. The van der Waals surface area contributed by atoms with Crippen molar-refractivity contribution in [1.29, 1.82) is 0 Å². The fourth-order valence-electron chi connectivity index (χ4n) is 1.72. The van der Waals surface area contributed by atoms with Crippen LogP contribution in [-0.2, 0) is 0 Å². The minimum Gasteiger partial charge on any atom is -0.307 e. The van der Waals surface area contributed by atoms with Gasteiger partial charge in [-0.25, -0.2) is 0 Å². The minimum absolute atomic E-state index is 0.150. The average Bonchev–Trinajstić information content (AvgIpc) is 2.11. The molecule has 1 heterocycles. The maximum absolute atomic E-state index is 4.14. The molecule has 1 nitrogen and oxygen atoms in total. The van der Waals surface area contributed by atoms with Crippen LogP contribution >= 0.6 is 7.55 Å².